The van der Waals surface area contributed by atoms with Crippen molar-refractivity contribution in [3.8, 4) is 0 Å². The van der Waals surface area contributed by atoms with Gasteiger partial charge in [-0.15, -0.1) is 0 Å². The third-order valence-electron chi connectivity index (χ3n) is 3.22. The number of rotatable bonds is 2. The summed E-state index contributed by atoms with van der Waals surface area (Å²) in [5, 5.41) is 12.4. The quantitative estimate of drug-likeness (QED) is 0.752. The van der Waals surface area contributed by atoms with E-state index in [4.69, 9.17) is 5.39 Å². The van der Waals surface area contributed by atoms with Gasteiger partial charge in [-0.3, -0.25) is 0 Å². The van der Waals surface area contributed by atoms with Gasteiger partial charge >= 0.3 is 5.69 Å². The maximum Gasteiger partial charge on any atom is 0.407 e. The molecule has 1 N–H and O–H groups in total. The molecule has 2 rings (SSSR count). The topological polar surface area (TPSA) is 40.2 Å². The predicted octanol–water partition coefficient (Wildman–Crippen LogP) is 4.22. The number of hydrogen-bond donors (Lipinski definition) is 1. The van der Waals surface area contributed by atoms with Crippen LogP contribution < -0.4 is 5.32 Å². The van der Waals surface area contributed by atoms with E-state index >= 15 is 0 Å². The smallest absolute Gasteiger partial charge is 0.376 e. The highest BCUT2D eigenvalue weighted by Crippen LogP contribution is 2.29. The number of nitrogens with one attached hydrogen (secondary N) is 1. The van der Waals surface area contributed by atoms with Crippen molar-refractivity contribution in [1.29, 1.82) is 5.39 Å². The number of nitrogens with zero attached hydrogens (tertiary/aromatic N) is 2. The predicted molar refractivity (Wildman–Crippen MR) is 66.4 cm³/mol. The van der Waals surface area contributed by atoms with E-state index < -0.39 is 0 Å². The molecule has 0 spiro atoms. The summed E-state index contributed by atoms with van der Waals surface area (Å²) < 4.78 is 0. The van der Waals surface area contributed by atoms with Crippen molar-refractivity contribution in [3.63, 3.8) is 0 Å². The fourth-order valence-electron chi connectivity index (χ4n) is 2.32. The Hall–Kier alpha value is -1.56. The molecular weight excluding hydrogens is 198 g/mol. The minimum absolute atomic E-state index is 0.538. The summed E-state index contributed by atoms with van der Waals surface area (Å²) in [4.78, 5) is 3.31. The van der Waals surface area contributed by atoms with E-state index in [9.17, 15) is 0 Å². The summed E-state index contributed by atoms with van der Waals surface area (Å²) in [5.74, 6) is 0. The van der Waals surface area contributed by atoms with Crippen LogP contribution in [0.15, 0.2) is 18.2 Å². The normalized spacial score (nSPS) is 16.8. The molecule has 1 fully saturated rings. The van der Waals surface area contributed by atoms with E-state index in [1.165, 1.54) is 37.7 Å². The zero-order valence-corrected chi connectivity index (χ0v) is 9.74. The summed E-state index contributed by atoms with van der Waals surface area (Å²) in [6.07, 6.45) is 6.39. The number of benzene rings is 1. The molecule has 1 aliphatic rings. The van der Waals surface area contributed by atoms with Crippen molar-refractivity contribution < 1.29 is 0 Å². The maximum absolute atomic E-state index is 8.92. The van der Waals surface area contributed by atoms with Crippen molar-refractivity contribution in [2.24, 2.45) is 0 Å². The molecule has 3 heteroatoms. The molecule has 1 aromatic carbocycles. The molecule has 1 aromatic rings. The van der Waals surface area contributed by atoms with Crippen LogP contribution in [-0.2, 0) is 0 Å². The van der Waals surface area contributed by atoms with Gasteiger partial charge in [-0.05, 0) is 31.4 Å². The second-order valence-electron chi connectivity index (χ2n) is 4.60. The zero-order valence-electron chi connectivity index (χ0n) is 9.74. The van der Waals surface area contributed by atoms with Gasteiger partial charge in [0.05, 0.1) is 0 Å². The summed E-state index contributed by atoms with van der Waals surface area (Å²) in [6, 6.07) is 6.39. The van der Waals surface area contributed by atoms with E-state index in [2.05, 4.69) is 10.3 Å². The lowest BCUT2D eigenvalue weighted by atomic mass is 9.95. The first-order chi connectivity index (χ1) is 7.79. The first-order valence-corrected chi connectivity index (χ1v) is 6.02. The van der Waals surface area contributed by atoms with Gasteiger partial charge in [0, 0.05) is 12.1 Å². The molecule has 0 unspecified atom stereocenters. The highest BCUT2D eigenvalue weighted by molar-refractivity contribution is 5.70. The second kappa shape index (κ2) is 4.98. The minimum atomic E-state index is 0.538. The largest absolute Gasteiger partial charge is 0.407 e. The third kappa shape index (κ3) is 2.52. The van der Waals surface area contributed by atoms with Crippen LogP contribution in [0.4, 0.5) is 11.4 Å². The molecule has 1 saturated carbocycles. The lowest BCUT2D eigenvalue weighted by Crippen LogP contribution is -2.22. The highest BCUT2D eigenvalue weighted by Gasteiger charge is 2.18. The molecule has 16 heavy (non-hydrogen) atoms. The van der Waals surface area contributed by atoms with Crippen molar-refractivity contribution in [2.45, 2.75) is 45.1 Å². The zero-order chi connectivity index (χ0) is 11.4. The van der Waals surface area contributed by atoms with E-state index in [1.807, 2.05) is 25.1 Å². The van der Waals surface area contributed by atoms with Crippen molar-refractivity contribution in [2.75, 3.05) is 5.32 Å². The van der Waals surface area contributed by atoms with Crippen LogP contribution in [0.1, 0.15) is 37.7 Å². The van der Waals surface area contributed by atoms with Crippen LogP contribution in [0.3, 0.4) is 0 Å². The number of hydrogen-bond acceptors (Lipinski definition) is 2. The van der Waals surface area contributed by atoms with Gasteiger partial charge in [-0.1, -0.05) is 25.3 Å². The summed E-state index contributed by atoms with van der Waals surface area (Å²) >= 11 is 0. The molecular formula is C13H18N3+. The molecule has 0 heterocycles. The van der Waals surface area contributed by atoms with Crippen LogP contribution in [0.25, 0.3) is 4.98 Å². The molecule has 0 aliphatic heterocycles. The Morgan fingerprint density at radius 1 is 1.25 bits per heavy atom. The fraction of sp³-hybridized carbons (Fsp3) is 0.538. The Morgan fingerprint density at radius 2 is 2.00 bits per heavy atom. The molecule has 0 atom stereocenters. The van der Waals surface area contributed by atoms with Gasteiger partial charge in [-0.2, -0.15) is 0 Å². The van der Waals surface area contributed by atoms with Gasteiger partial charge in [0.25, 0.3) is 0 Å². The fourth-order valence-corrected chi connectivity index (χ4v) is 2.32. The van der Waals surface area contributed by atoms with Crippen LogP contribution >= 0.6 is 0 Å². The molecule has 3 nitrogen and oxygen atoms in total. The second-order valence-corrected chi connectivity index (χ2v) is 4.60. The first-order valence-electron chi connectivity index (χ1n) is 6.02. The highest BCUT2D eigenvalue weighted by atomic mass is 15.0. The lowest BCUT2D eigenvalue weighted by Gasteiger charge is -2.23. The van der Waals surface area contributed by atoms with Gasteiger partial charge in [0.1, 0.15) is 5.69 Å². The van der Waals surface area contributed by atoms with Crippen LogP contribution in [0.5, 0.6) is 0 Å². The lowest BCUT2D eigenvalue weighted by molar-refractivity contribution is 0.463. The van der Waals surface area contributed by atoms with E-state index in [1.54, 1.807) is 0 Å². The van der Waals surface area contributed by atoms with Crippen molar-refractivity contribution in [1.82, 2.24) is 0 Å². The summed E-state index contributed by atoms with van der Waals surface area (Å²) in [6.45, 7) is 2.05. The first kappa shape index (κ1) is 10.9. The third-order valence-corrected chi connectivity index (χ3v) is 3.22. The van der Waals surface area contributed by atoms with E-state index in [-0.39, 0.29) is 0 Å². The monoisotopic (exact) mass is 216 g/mol. The van der Waals surface area contributed by atoms with E-state index in [0.29, 0.717) is 11.7 Å². The molecule has 0 aromatic heterocycles. The van der Waals surface area contributed by atoms with Gasteiger partial charge in [0.15, 0.2) is 4.98 Å². The van der Waals surface area contributed by atoms with Crippen LogP contribution in [-0.4, -0.2) is 6.04 Å². The molecule has 0 saturated heterocycles. The van der Waals surface area contributed by atoms with Crippen LogP contribution in [0.2, 0.25) is 0 Å². The Bertz CT molecular complexity index is 400. The Balaban J connectivity index is 2.13. The molecule has 1 aliphatic carbocycles. The van der Waals surface area contributed by atoms with Crippen LogP contribution in [0, 0.1) is 12.3 Å². The average molecular weight is 216 g/mol. The SMILES string of the molecule is Cc1ccc([N+]#N)c(NC2CCCCC2)c1. The summed E-state index contributed by atoms with van der Waals surface area (Å²) in [5.41, 5.74) is 2.77. The molecule has 84 valence electrons. The van der Waals surface area contributed by atoms with Gasteiger partial charge < -0.3 is 5.32 Å². The number of aryl methyl sites for hydroxylation is 1. The van der Waals surface area contributed by atoms with Gasteiger partial charge in [0.2, 0.25) is 5.39 Å². The molecule has 0 bridgehead atoms. The Kier molecular flexibility index (Phi) is 3.40. The van der Waals surface area contributed by atoms with Crippen molar-refractivity contribution in [3.05, 3.63) is 28.7 Å². The molecule has 0 amide bonds. The Labute approximate surface area is 96.5 Å². The maximum atomic E-state index is 8.92. The number of diazo groups is 1. The number of anilines is 1. The van der Waals surface area contributed by atoms with E-state index in [0.717, 1.165) is 5.69 Å². The average Bonchev–Trinajstić information content (AvgIpc) is 2.31. The molecule has 0 radical (unpaired) electrons. The van der Waals surface area contributed by atoms with Crippen molar-refractivity contribution >= 4 is 11.4 Å². The van der Waals surface area contributed by atoms with Gasteiger partial charge in [-0.25, -0.2) is 0 Å². The standard InChI is InChI=1S/C13H18N3/c1-10-7-8-12(16-14)13(9-10)15-11-5-3-2-4-6-11/h7-9,11,15H,2-6H2,1H3/q+1. The Morgan fingerprint density at radius 3 is 2.69 bits per heavy atom. The summed E-state index contributed by atoms with van der Waals surface area (Å²) in [7, 11) is 0. The minimum Gasteiger partial charge on any atom is -0.376 e.